The second-order valence-corrected chi connectivity index (χ2v) is 7.93. The smallest absolute Gasteiger partial charge is 0.109 e. The average molecular weight is 416 g/mol. The molecule has 1 saturated heterocycles. The summed E-state index contributed by atoms with van der Waals surface area (Å²) >= 11 is 0. The van der Waals surface area contributed by atoms with E-state index in [0.717, 1.165) is 19.3 Å². The maximum absolute atomic E-state index is 10.0. The molecule has 1 fully saturated rings. The van der Waals surface area contributed by atoms with Crippen molar-refractivity contribution < 1.29 is 25.2 Å². The molecule has 6 nitrogen and oxygen atoms in total. The Balaban J connectivity index is 1.38. The number of likely N-dealkylation sites (tertiary alicyclic amines) is 1. The van der Waals surface area contributed by atoms with Gasteiger partial charge in [-0.3, -0.25) is 4.90 Å². The lowest BCUT2D eigenvalue weighted by Gasteiger charge is -2.43. The number of aliphatic hydroxyl groups is 4. The van der Waals surface area contributed by atoms with Crippen LogP contribution in [-0.4, -0.2) is 76.0 Å². The number of rotatable bonds is 10. The molecular formula is C24H33NO5. The molecule has 4 atom stereocenters. The molecule has 0 amide bonds. The maximum atomic E-state index is 10.0. The first kappa shape index (κ1) is 22.9. The van der Waals surface area contributed by atoms with E-state index < -0.39 is 24.4 Å². The number of ether oxygens (including phenoxy) is 1. The van der Waals surface area contributed by atoms with Crippen LogP contribution >= 0.6 is 0 Å². The zero-order chi connectivity index (χ0) is 21.3. The number of nitrogens with zero attached hydrogens (tertiary/aromatic N) is 1. The summed E-state index contributed by atoms with van der Waals surface area (Å²) in [7, 11) is 0. The van der Waals surface area contributed by atoms with Crippen LogP contribution in [0.5, 0.6) is 0 Å². The lowest BCUT2D eigenvalue weighted by Crippen LogP contribution is -2.62. The molecule has 0 saturated carbocycles. The van der Waals surface area contributed by atoms with Crippen molar-refractivity contribution >= 4 is 0 Å². The highest BCUT2D eigenvalue weighted by Crippen LogP contribution is 2.24. The van der Waals surface area contributed by atoms with Crippen LogP contribution < -0.4 is 0 Å². The quantitative estimate of drug-likeness (QED) is 0.442. The fourth-order valence-electron chi connectivity index (χ4n) is 4.06. The first-order valence-electron chi connectivity index (χ1n) is 10.7. The second kappa shape index (κ2) is 11.6. The van der Waals surface area contributed by atoms with Gasteiger partial charge in [-0.1, -0.05) is 54.6 Å². The third-order valence-corrected chi connectivity index (χ3v) is 5.81. The van der Waals surface area contributed by atoms with Gasteiger partial charge in [0.25, 0.3) is 0 Å². The maximum Gasteiger partial charge on any atom is 0.109 e. The normalized spacial score (nSPS) is 24.8. The summed E-state index contributed by atoms with van der Waals surface area (Å²) in [6, 6.07) is 18.0. The third-order valence-electron chi connectivity index (χ3n) is 5.81. The van der Waals surface area contributed by atoms with Gasteiger partial charge in [0.05, 0.1) is 25.4 Å². The van der Waals surface area contributed by atoms with E-state index in [1.165, 1.54) is 16.7 Å². The number of hydrogen-bond donors (Lipinski definition) is 4. The molecule has 164 valence electrons. The van der Waals surface area contributed by atoms with Crippen LogP contribution in [0.15, 0.2) is 54.6 Å². The van der Waals surface area contributed by atoms with Crippen LogP contribution in [0.25, 0.3) is 11.1 Å². The molecule has 2 aromatic rings. The Morgan fingerprint density at radius 2 is 1.60 bits per heavy atom. The van der Waals surface area contributed by atoms with Crippen LogP contribution in [0.1, 0.15) is 24.8 Å². The highest BCUT2D eigenvalue weighted by atomic mass is 16.5. The summed E-state index contributed by atoms with van der Waals surface area (Å²) in [5, 5.41) is 39.2. The monoisotopic (exact) mass is 415 g/mol. The van der Waals surface area contributed by atoms with Crippen molar-refractivity contribution in [1.29, 1.82) is 0 Å². The molecule has 2 aromatic carbocycles. The van der Waals surface area contributed by atoms with Gasteiger partial charge in [-0.25, -0.2) is 0 Å². The Morgan fingerprint density at radius 1 is 0.867 bits per heavy atom. The predicted molar refractivity (Wildman–Crippen MR) is 116 cm³/mol. The second-order valence-electron chi connectivity index (χ2n) is 7.93. The number of hydrogen-bond acceptors (Lipinski definition) is 6. The van der Waals surface area contributed by atoms with Crippen molar-refractivity contribution in [3.8, 4) is 11.1 Å². The lowest BCUT2D eigenvalue weighted by atomic mass is 9.94. The van der Waals surface area contributed by atoms with Crippen LogP contribution in [0.3, 0.4) is 0 Å². The van der Waals surface area contributed by atoms with Crippen LogP contribution in [0.2, 0.25) is 0 Å². The van der Waals surface area contributed by atoms with Crippen molar-refractivity contribution in [1.82, 2.24) is 4.90 Å². The molecule has 30 heavy (non-hydrogen) atoms. The van der Waals surface area contributed by atoms with E-state index in [9.17, 15) is 20.4 Å². The van der Waals surface area contributed by atoms with Gasteiger partial charge in [0.1, 0.15) is 12.2 Å². The molecule has 0 unspecified atom stereocenters. The van der Waals surface area contributed by atoms with Crippen LogP contribution in [0, 0.1) is 0 Å². The van der Waals surface area contributed by atoms with Gasteiger partial charge < -0.3 is 25.2 Å². The van der Waals surface area contributed by atoms with Crippen molar-refractivity contribution in [2.24, 2.45) is 0 Å². The van der Waals surface area contributed by atoms with Gasteiger partial charge >= 0.3 is 0 Å². The molecule has 1 heterocycles. The largest absolute Gasteiger partial charge is 0.395 e. The summed E-state index contributed by atoms with van der Waals surface area (Å²) in [6.07, 6.45) is -0.591. The number of unbranched alkanes of at least 4 members (excludes halogenated alkanes) is 2. The van der Waals surface area contributed by atoms with E-state index in [2.05, 4.69) is 24.3 Å². The Kier molecular flexibility index (Phi) is 8.81. The SMILES string of the molecule is OC[C@@H]1[C@@H](O)[C@H](O)[C@@H](O)CN1CCCCCOCc1ccccc1-c1ccccc1. The van der Waals surface area contributed by atoms with Crippen LogP contribution in [0.4, 0.5) is 0 Å². The van der Waals surface area contributed by atoms with E-state index in [0.29, 0.717) is 19.8 Å². The number of aliphatic hydroxyl groups excluding tert-OH is 4. The summed E-state index contributed by atoms with van der Waals surface area (Å²) in [5.41, 5.74) is 3.55. The topological polar surface area (TPSA) is 93.4 Å². The van der Waals surface area contributed by atoms with Gasteiger partial charge in [0.15, 0.2) is 0 Å². The standard InChI is InChI=1S/C24H33NO5/c26-16-21-23(28)24(29)22(27)15-25(21)13-7-2-8-14-30-17-19-11-5-6-12-20(19)18-9-3-1-4-10-18/h1,3-6,9-12,21-24,26-29H,2,7-8,13-17H2/t21-,22+,23-,24-/m1/s1. The molecular weight excluding hydrogens is 382 g/mol. The molecule has 0 radical (unpaired) electrons. The predicted octanol–water partition coefficient (Wildman–Crippen LogP) is 1.80. The average Bonchev–Trinajstić information content (AvgIpc) is 2.78. The molecule has 1 aliphatic heterocycles. The highest BCUT2D eigenvalue weighted by molar-refractivity contribution is 5.66. The van der Waals surface area contributed by atoms with Crippen LogP contribution in [-0.2, 0) is 11.3 Å². The minimum Gasteiger partial charge on any atom is -0.395 e. The first-order chi connectivity index (χ1) is 14.6. The molecule has 0 bridgehead atoms. The summed E-state index contributed by atoms with van der Waals surface area (Å²) < 4.78 is 5.90. The van der Waals surface area contributed by atoms with E-state index in [4.69, 9.17) is 4.74 Å². The number of β-amino-alcohol motifs (C(OH)–C–C–N with tert-alkyl or cyclic N) is 1. The number of piperidine rings is 1. The lowest BCUT2D eigenvalue weighted by molar-refractivity contribution is -0.145. The highest BCUT2D eigenvalue weighted by Gasteiger charge is 2.40. The molecule has 3 rings (SSSR count). The van der Waals surface area contributed by atoms with E-state index >= 15 is 0 Å². The fourth-order valence-corrected chi connectivity index (χ4v) is 4.06. The van der Waals surface area contributed by atoms with E-state index in [1.54, 1.807) is 0 Å². The molecule has 1 aliphatic rings. The molecule has 0 aliphatic carbocycles. The summed E-state index contributed by atoms with van der Waals surface area (Å²) in [6.45, 7) is 1.91. The van der Waals surface area contributed by atoms with Crippen molar-refractivity contribution in [3.63, 3.8) is 0 Å². The molecule has 4 N–H and O–H groups in total. The third kappa shape index (κ3) is 5.88. The fraction of sp³-hybridized carbons (Fsp3) is 0.500. The van der Waals surface area contributed by atoms with Gasteiger partial charge in [0, 0.05) is 13.2 Å². The zero-order valence-corrected chi connectivity index (χ0v) is 17.3. The van der Waals surface area contributed by atoms with Gasteiger partial charge in [-0.05, 0) is 42.5 Å². The molecule has 0 spiro atoms. The Morgan fingerprint density at radius 3 is 2.37 bits per heavy atom. The zero-order valence-electron chi connectivity index (χ0n) is 17.3. The van der Waals surface area contributed by atoms with Crippen molar-refractivity contribution in [2.75, 3.05) is 26.3 Å². The first-order valence-corrected chi connectivity index (χ1v) is 10.7. The van der Waals surface area contributed by atoms with Gasteiger partial charge in [-0.15, -0.1) is 0 Å². The summed E-state index contributed by atoms with van der Waals surface area (Å²) in [5.74, 6) is 0. The molecule has 0 aromatic heterocycles. The summed E-state index contributed by atoms with van der Waals surface area (Å²) in [4.78, 5) is 1.86. The van der Waals surface area contributed by atoms with Crippen molar-refractivity contribution in [2.45, 2.75) is 50.2 Å². The minimum absolute atomic E-state index is 0.241. The van der Waals surface area contributed by atoms with Gasteiger partial charge in [0.2, 0.25) is 0 Å². The molecule has 6 heteroatoms. The Hall–Kier alpha value is -1.80. The van der Waals surface area contributed by atoms with E-state index in [1.807, 2.05) is 35.2 Å². The Bertz CT molecular complexity index is 756. The van der Waals surface area contributed by atoms with E-state index in [-0.39, 0.29) is 13.2 Å². The minimum atomic E-state index is -1.20. The van der Waals surface area contributed by atoms with Gasteiger partial charge in [-0.2, -0.15) is 0 Å². The van der Waals surface area contributed by atoms with Crippen molar-refractivity contribution in [3.05, 3.63) is 60.2 Å². The number of benzene rings is 2. The Labute approximate surface area is 178 Å².